The van der Waals surface area contributed by atoms with Gasteiger partial charge in [0.05, 0.1) is 5.69 Å². The molecular weight excluding hydrogens is 457 g/mol. The molecule has 5 nitrogen and oxygen atoms in total. The lowest BCUT2D eigenvalue weighted by Crippen LogP contribution is -2.27. The Bertz CT molecular complexity index is 1250. The summed E-state index contributed by atoms with van der Waals surface area (Å²) < 4.78 is 7.24. The number of carbonyl (C=O) groups is 1. The third-order valence-electron chi connectivity index (χ3n) is 4.68. The SMILES string of the molecule is Cc1ccc(-c2cc(C(=O)NCCc3ccc(Cl)cc3Cl)n(-c3cccc(Cl)c3)n2)o1. The minimum Gasteiger partial charge on any atom is -0.460 e. The van der Waals surface area contributed by atoms with Crippen LogP contribution in [0.4, 0.5) is 0 Å². The maximum Gasteiger partial charge on any atom is 0.270 e. The van der Waals surface area contributed by atoms with Gasteiger partial charge in [0, 0.05) is 27.7 Å². The van der Waals surface area contributed by atoms with E-state index in [0.717, 1.165) is 11.3 Å². The molecule has 4 rings (SSSR count). The Labute approximate surface area is 194 Å². The number of nitrogens with zero attached hydrogens (tertiary/aromatic N) is 2. The molecule has 2 aromatic carbocycles. The van der Waals surface area contributed by atoms with E-state index >= 15 is 0 Å². The molecule has 158 valence electrons. The first-order valence-corrected chi connectivity index (χ1v) is 10.7. The molecule has 0 aliphatic rings. The number of rotatable bonds is 6. The summed E-state index contributed by atoms with van der Waals surface area (Å²) >= 11 is 18.3. The highest BCUT2D eigenvalue weighted by atomic mass is 35.5. The van der Waals surface area contributed by atoms with Gasteiger partial charge in [-0.25, -0.2) is 4.68 Å². The highest BCUT2D eigenvalue weighted by molar-refractivity contribution is 6.35. The van der Waals surface area contributed by atoms with E-state index in [9.17, 15) is 4.79 Å². The van der Waals surface area contributed by atoms with Crippen molar-refractivity contribution in [1.29, 1.82) is 0 Å². The zero-order valence-electron chi connectivity index (χ0n) is 16.5. The molecule has 1 amide bonds. The second-order valence-corrected chi connectivity index (χ2v) is 8.24. The Balaban J connectivity index is 1.59. The molecule has 0 aliphatic heterocycles. The third-order valence-corrected chi connectivity index (χ3v) is 5.50. The second-order valence-electron chi connectivity index (χ2n) is 6.96. The van der Waals surface area contributed by atoms with Crippen LogP contribution in [0.1, 0.15) is 21.8 Å². The summed E-state index contributed by atoms with van der Waals surface area (Å²) in [6.45, 7) is 2.25. The minimum atomic E-state index is -0.271. The molecular formula is C23H18Cl3N3O2. The van der Waals surface area contributed by atoms with Gasteiger partial charge in [0.25, 0.3) is 5.91 Å². The number of hydrogen-bond donors (Lipinski definition) is 1. The summed E-state index contributed by atoms with van der Waals surface area (Å²) in [5, 5.41) is 9.20. The molecule has 2 heterocycles. The van der Waals surface area contributed by atoms with E-state index in [1.54, 1.807) is 41.1 Å². The molecule has 0 saturated carbocycles. The van der Waals surface area contributed by atoms with Gasteiger partial charge in [-0.2, -0.15) is 5.10 Å². The van der Waals surface area contributed by atoms with Crippen LogP contribution in [0.25, 0.3) is 17.1 Å². The molecule has 0 fully saturated rings. The lowest BCUT2D eigenvalue weighted by atomic mass is 10.1. The molecule has 8 heteroatoms. The normalized spacial score (nSPS) is 11.0. The topological polar surface area (TPSA) is 60.1 Å². The highest BCUT2D eigenvalue weighted by Crippen LogP contribution is 2.25. The molecule has 0 radical (unpaired) electrons. The van der Waals surface area contributed by atoms with E-state index in [1.807, 2.05) is 31.2 Å². The monoisotopic (exact) mass is 473 g/mol. The third kappa shape index (κ3) is 4.96. The summed E-state index contributed by atoms with van der Waals surface area (Å²) in [5.41, 5.74) is 2.50. The van der Waals surface area contributed by atoms with Crippen LogP contribution in [-0.2, 0) is 6.42 Å². The van der Waals surface area contributed by atoms with Crippen molar-refractivity contribution in [3.05, 3.63) is 92.7 Å². The first kappa shape index (κ1) is 21.5. The van der Waals surface area contributed by atoms with E-state index in [4.69, 9.17) is 39.2 Å². The van der Waals surface area contributed by atoms with Crippen molar-refractivity contribution in [1.82, 2.24) is 15.1 Å². The average Bonchev–Trinajstić information content (AvgIpc) is 3.36. The Morgan fingerprint density at radius 1 is 1.03 bits per heavy atom. The van der Waals surface area contributed by atoms with Gasteiger partial charge in [0.2, 0.25) is 0 Å². The van der Waals surface area contributed by atoms with Crippen LogP contribution in [0.3, 0.4) is 0 Å². The van der Waals surface area contributed by atoms with Crippen molar-refractivity contribution >= 4 is 40.7 Å². The number of aromatic nitrogens is 2. The lowest BCUT2D eigenvalue weighted by Gasteiger charge is -2.09. The molecule has 1 N–H and O–H groups in total. The van der Waals surface area contributed by atoms with Gasteiger partial charge in [-0.05, 0) is 61.4 Å². The number of hydrogen-bond acceptors (Lipinski definition) is 3. The summed E-state index contributed by atoms with van der Waals surface area (Å²) in [5.74, 6) is 1.07. The van der Waals surface area contributed by atoms with Crippen LogP contribution in [-0.4, -0.2) is 22.2 Å². The second kappa shape index (κ2) is 9.18. The Hall–Kier alpha value is -2.73. The fourth-order valence-corrected chi connectivity index (χ4v) is 3.85. The van der Waals surface area contributed by atoms with Gasteiger partial charge >= 0.3 is 0 Å². The first-order valence-electron chi connectivity index (χ1n) is 9.55. The van der Waals surface area contributed by atoms with Crippen molar-refractivity contribution in [3.8, 4) is 17.1 Å². The van der Waals surface area contributed by atoms with Gasteiger partial charge in [0.1, 0.15) is 17.1 Å². The van der Waals surface area contributed by atoms with Crippen molar-refractivity contribution in [2.75, 3.05) is 6.54 Å². The zero-order valence-corrected chi connectivity index (χ0v) is 18.8. The fraction of sp³-hybridized carbons (Fsp3) is 0.130. The predicted octanol–water partition coefficient (Wildman–Crippen LogP) is 6.37. The van der Waals surface area contributed by atoms with Gasteiger partial charge < -0.3 is 9.73 Å². The standard InChI is InChI=1S/C23H18Cl3N3O2/c1-14-5-8-22(31-14)20-13-21(29(28-20)18-4-2-3-16(24)11-18)23(30)27-10-9-15-6-7-17(25)12-19(15)26/h2-8,11-13H,9-10H2,1H3,(H,27,30). The van der Waals surface area contributed by atoms with Crippen LogP contribution >= 0.6 is 34.8 Å². The Kier molecular flexibility index (Phi) is 6.37. The maximum absolute atomic E-state index is 13.0. The molecule has 4 aromatic rings. The van der Waals surface area contributed by atoms with Crippen LogP contribution in [0.2, 0.25) is 15.1 Å². The van der Waals surface area contributed by atoms with E-state index in [-0.39, 0.29) is 5.91 Å². The average molecular weight is 475 g/mol. The van der Waals surface area contributed by atoms with Gasteiger partial charge in [0.15, 0.2) is 5.76 Å². The van der Waals surface area contributed by atoms with Crippen molar-refractivity contribution < 1.29 is 9.21 Å². The Morgan fingerprint density at radius 3 is 2.55 bits per heavy atom. The van der Waals surface area contributed by atoms with Crippen molar-refractivity contribution in [2.45, 2.75) is 13.3 Å². The fourth-order valence-electron chi connectivity index (χ4n) is 3.17. The molecule has 0 bridgehead atoms. The van der Waals surface area contributed by atoms with Gasteiger partial charge in [-0.15, -0.1) is 0 Å². The quantitative estimate of drug-likeness (QED) is 0.353. The smallest absolute Gasteiger partial charge is 0.270 e. The molecule has 0 spiro atoms. The van der Waals surface area contributed by atoms with Gasteiger partial charge in [-0.1, -0.05) is 46.9 Å². The molecule has 2 aromatic heterocycles. The van der Waals surface area contributed by atoms with Gasteiger partial charge in [-0.3, -0.25) is 4.79 Å². The summed E-state index contributed by atoms with van der Waals surface area (Å²) in [6.07, 6.45) is 0.567. The number of carbonyl (C=O) groups excluding carboxylic acids is 1. The van der Waals surface area contributed by atoms with E-state index in [0.29, 0.717) is 50.9 Å². The first-order chi connectivity index (χ1) is 14.9. The lowest BCUT2D eigenvalue weighted by molar-refractivity contribution is 0.0946. The number of amides is 1. The maximum atomic E-state index is 13.0. The largest absolute Gasteiger partial charge is 0.460 e. The summed E-state index contributed by atoms with van der Waals surface area (Å²) in [6, 6.07) is 17.8. The van der Waals surface area contributed by atoms with Crippen LogP contribution < -0.4 is 5.32 Å². The molecule has 0 unspecified atom stereocenters. The zero-order chi connectivity index (χ0) is 22.0. The van der Waals surface area contributed by atoms with Crippen molar-refractivity contribution in [2.24, 2.45) is 0 Å². The number of halogens is 3. The Morgan fingerprint density at radius 2 is 1.84 bits per heavy atom. The van der Waals surface area contributed by atoms with Crippen LogP contribution in [0.5, 0.6) is 0 Å². The number of benzene rings is 2. The summed E-state index contributed by atoms with van der Waals surface area (Å²) in [4.78, 5) is 13.0. The van der Waals surface area contributed by atoms with Crippen LogP contribution in [0, 0.1) is 6.92 Å². The number of nitrogens with one attached hydrogen (secondary N) is 1. The molecule has 31 heavy (non-hydrogen) atoms. The number of aryl methyl sites for hydroxylation is 1. The minimum absolute atomic E-state index is 0.271. The van der Waals surface area contributed by atoms with E-state index in [1.165, 1.54) is 0 Å². The molecule has 0 aliphatic carbocycles. The highest BCUT2D eigenvalue weighted by Gasteiger charge is 2.19. The molecule has 0 atom stereocenters. The summed E-state index contributed by atoms with van der Waals surface area (Å²) in [7, 11) is 0. The van der Waals surface area contributed by atoms with Crippen LogP contribution in [0.15, 0.2) is 65.1 Å². The number of furan rings is 1. The predicted molar refractivity (Wildman–Crippen MR) is 124 cm³/mol. The van der Waals surface area contributed by atoms with E-state index in [2.05, 4.69) is 10.4 Å². The van der Waals surface area contributed by atoms with E-state index < -0.39 is 0 Å². The van der Waals surface area contributed by atoms with Crippen molar-refractivity contribution in [3.63, 3.8) is 0 Å². The molecule has 0 saturated heterocycles.